The van der Waals surface area contributed by atoms with Gasteiger partial charge in [-0.05, 0) is 24.8 Å². The average molecular weight is 308 g/mol. The molecule has 1 rings (SSSR count). The van der Waals surface area contributed by atoms with E-state index in [2.05, 4.69) is 60.3 Å². The Balaban J connectivity index is 2.43. The van der Waals surface area contributed by atoms with E-state index in [4.69, 9.17) is 0 Å². The molecule has 16 heavy (non-hydrogen) atoms. The van der Waals surface area contributed by atoms with Gasteiger partial charge in [-0.1, -0.05) is 43.6 Å². The second kappa shape index (κ2) is 6.65. The van der Waals surface area contributed by atoms with Gasteiger partial charge in [-0.15, -0.1) is 0 Å². The lowest BCUT2D eigenvalue weighted by molar-refractivity contribution is 0.222. The quantitative estimate of drug-likeness (QED) is 0.725. The summed E-state index contributed by atoms with van der Waals surface area (Å²) in [6, 6.07) is 0. The van der Waals surface area contributed by atoms with Crippen molar-refractivity contribution < 1.29 is 0 Å². The molecule has 1 fully saturated rings. The van der Waals surface area contributed by atoms with Crippen LogP contribution in [0.5, 0.6) is 0 Å². The molecule has 0 aromatic carbocycles. The van der Waals surface area contributed by atoms with Gasteiger partial charge in [0.25, 0.3) is 0 Å². The summed E-state index contributed by atoms with van der Waals surface area (Å²) < 4.78 is 0.483. The number of hydrogen-bond acceptors (Lipinski definition) is 2. The third-order valence-electron chi connectivity index (χ3n) is 3.56. The van der Waals surface area contributed by atoms with Crippen molar-refractivity contribution in [3.63, 3.8) is 0 Å². The lowest BCUT2D eigenvalue weighted by Crippen LogP contribution is -2.34. The molecule has 0 radical (unpaired) electrons. The normalized spacial score (nSPS) is 24.4. The van der Waals surface area contributed by atoms with Crippen molar-refractivity contribution >= 4 is 27.7 Å². The van der Waals surface area contributed by atoms with Crippen LogP contribution in [-0.4, -0.2) is 40.4 Å². The maximum atomic E-state index is 3.65. The van der Waals surface area contributed by atoms with Gasteiger partial charge in [-0.2, -0.15) is 11.8 Å². The number of halogens is 1. The predicted molar refractivity (Wildman–Crippen MR) is 79.7 cm³/mol. The third kappa shape index (κ3) is 4.97. The smallest absolute Gasteiger partial charge is 0.0116 e. The lowest BCUT2D eigenvalue weighted by Gasteiger charge is -2.27. The molecule has 0 spiro atoms. The highest BCUT2D eigenvalue weighted by atomic mass is 79.9. The first-order chi connectivity index (χ1) is 7.44. The second-order valence-corrected chi connectivity index (χ2v) is 8.27. The molecule has 1 saturated heterocycles. The fourth-order valence-electron chi connectivity index (χ4n) is 2.01. The van der Waals surface area contributed by atoms with Crippen LogP contribution in [0.2, 0.25) is 0 Å². The van der Waals surface area contributed by atoms with Crippen LogP contribution in [0.3, 0.4) is 0 Å². The summed E-state index contributed by atoms with van der Waals surface area (Å²) >= 11 is 5.79. The maximum absolute atomic E-state index is 3.65. The molecule has 1 atom stereocenters. The first kappa shape index (κ1) is 14.8. The summed E-state index contributed by atoms with van der Waals surface area (Å²) in [6.45, 7) is 13.2. The maximum Gasteiger partial charge on any atom is 0.0116 e. The third-order valence-corrected chi connectivity index (χ3v) is 5.77. The van der Waals surface area contributed by atoms with Crippen LogP contribution < -0.4 is 0 Å². The number of nitrogens with zero attached hydrogens (tertiary/aromatic N) is 1. The monoisotopic (exact) mass is 307 g/mol. The Bertz CT molecular complexity index is 206. The van der Waals surface area contributed by atoms with Gasteiger partial charge in [0, 0.05) is 28.9 Å². The summed E-state index contributed by atoms with van der Waals surface area (Å²) in [7, 11) is 0. The summed E-state index contributed by atoms with van der Waals surface area (Å²) in [6.07, 6.45) is 1.32. The molecule has 1 heterocycles. The largest absolute Gasteiger partial charge is 0.302 e. The van der Waals surface area contributed by atoms with Crippen LogP contribution in [0.15, 0.2) is 0 Å². The Labute approximate surface area is 114 Å². The standard InChI is InChI=1S/C13H26BrNS/c1-11(2)12(9-14)10-15-6-5-13(3,4)16-8-7-15/h11-12H,5-10H2,1-4H3. The van der Waals surface area contributed by atoms with Crippen LogP contribution in [0.25, 0.3) is 0 Å². The molecule has 0 aromatic rings. The minimum atomic E-state index is 0.483. The van der Waals surface area contributed by atoms with Crippen LogP contribution in [0, 0.1) is 11.8 Å². The lowest BCUT2D eigenvalue weighted by atomic mass is 9.97. The minimum Gasteiger partial charge on any atom is -0.302 e. The zero-order chi connectivity index (χ0) is 12.2. The van der Waals surface area contributed by atoms with E-state index in [0.29, 0.717) is 4.75 Å². The van der Waals surface area contributed by atoms with Gasteiger partial charge in [0.2, 0.25) is 0 Å². The highest BCUT2D eigenvalue weighted by Crippen LogP contribution is 2.31. The molecule has 3 heteroatoms. The molecule has 1 aliphatic heterocycles. The van der Waals surface area contributed by atoms with E-state index in [-0.39, 0.29) is 0 Å². The van der Waals surface area contributed by atoms with Crippen molar-refractivity contribution in [3.8, 4) is 0 Å². The molecule has 0 saturated carbocycles. The number of thioether (sulfide) groups is 1. The zero-order valence-corrected chi connectivity index (χ0v) is 13.5. The Morgan fingerprint density at radius 2 is 2.00 bits per heavy atom. The van der Waals surface area contributed by atoms with Crippen molar-refractivity contribution in [3.05, 3.63) is 0 Å². The topological polar surface area (TPSA) is 3.24 Å². The molecular formula is C13H26BrNS. The van der Waals surface area contributed by atoms with Crippen molar-refractivity contribution in [1.82, 2.24) is 4.90 Å². The van der Waals surface area contributed by atoms with E-state index < -0.39 is 0 Å². The van der Waals surface area contributed by atoms with Crippen LogP contribution in [0.4, 0.5) is 0 Å². The van der Waals surface area contributed by atoms with Crippen molar-refractivity contribution in [2.24, 2.45) is 11.8 Å². The van der Waals surface area contributed by atoms with E-state index in [1.807, 2.05) is 0 Å². The van der Waals surface area contributed by atoms with Gasteiger partial charge in [-0.3, -0.25) is 0 Å². The van der Waals surface area contributed by atoms with Crippen LogP contribution in [0.1, 0.15) is 34.1 Å². The predicted octanol–water partition coefficient (Wildman–Crippen LogP) is 3.87. The van der Waals surface area contributed by atoms with E-state index in [9.17, 15) is 0 Å². The summed E-state index contributed by atoms with van der Waals surface area (Å²) in [5.41, 5.74) is 0. The molecule has 1 unspecified atom stereocenters. The van der Waals surface area contributed by atoms with Gasteiger partial charge >= 0.3 is 0 Å². The fourth-order valence-corrected chi connectivity index (χ4v) is 4.10. The molecular weight excluding hydrogens is 282 g/mol. The molecule has 1 aliphatic rings. The Kier molecular flexibility index (Phi) is 6.17. The highest BCUT2D eigenvalue weighted by molar-refractivity contribution is 9.09. The summed E-state index contributed by atoms with van der Waals surface area (Å²) in [5.74, 6) is 2.87. The van der Waals surface area contributed by atoms with E-state index in [0.717, 1.165) is 17.2 Å². The minimum absolute atomic E-state index is 0.483. The Hall–Kier alpha value is 0.790. The Morgan fingerprint density at radius 3 is 2.56 bits per heavy atom. The molecule has 0 bridgehead atoms. The molecule has 0 amide bonds. The molecule has 0 aliphatic carbocycles. The molecule has 0 aromatic heterocycles. The van der Waals surface area contributed by atoms with Crippen LogP contribution >= 0.6 is 27.7 Å². The average Bonchev–Trinajstić information content (AvgIpc) is 2.36. The Morgan fingerprint density at radius 1 is 1.31 bits per heavy atom. The summed E-state index contributed by atoms with van der Waals surface area (Å²) in [5, 5.41) is 1.14. The van der Waals surface area contributed by atoms with Gasteiger partial charge in [0.1, 0.15) is 0 Å². The van der Waals surface area contributed by atoms with Gasteiger partial charge in [-0.25, -0.2) is 0 Å². The van der Waals surface area contributed by atoms with E-state index >= 15 is 0 Å². The molecule has 96 valence electrons. The molecule has 0 N–H and O–H groups in total. The summed E-state index contributed by atoms with van der Waals surface area (Å²) in [4.78, 5) is 2.66. The first-order valence-corrected chi connectivity index (χ1v) is 8.47. The van der Waals surface area contributed by atoms with Crippen molar-refractivity contribution in [2.45, 2.75) is 38.9 Å². The van der Waals surface area contributed by atoms with E-state index in [1.54, 1.807) is 0 Å². The van der Waals surface area contributed by atoms with Crippen molar-refractivity contribution in [1.29, 1.82) is 0 Å². The van der Waals surface area contributed by atoms with Crippen molar-refractivity contribution in [2.75, 3.05) is 30.7 Å². The van der Waals surface area contributed by atoms with Gasteiger partial charge < -0.3 is 4.90 Å². The first-order valence-electron chi connectivity index (χ1n) is 6.37. The fraction of sp³-hybridized carbons (Fsp3) is 1.00. The van der Waals surface area contributed by atoms with Gasteiger partial charge in [0.15, 0.2) is 0 Å². The molecule has 1 nitrogen and oxygen atoms in total. The number of hydrogen-bond donors (Lipinski definition) is 0. The number of rotatable bonds is 4. The van der Waals surface area contributed by atoms with Crippen LogP contribution in [-0.2, 0) is 0 Å². The van der Waals surface area contributed by atoms with E-state index in [1.165, 1.54) is 31.8 Å². The zero-order valence-electron chi connectivity index (χ0n) is 11.1. The SMILES string of the molecule is CC(C)C(CBr)CN1CCSC(C)(C)CC1. The number of alkyl halides is 1. The second-order valence-electron chi connectivity index (χ2n) is 5.82. The van der Waals surface area contributed by atoms with Gasteiger partial charge in [0.05, 0.1) is 0 Å². The highest BCUT2D eigenvalue weighted by Gasteiger charge is 2.25.